The highest BCUT2D eigenvalue weighted by molar-refractivity contribution is 5.82. The second-order valence-electron chi connectivity index (χ2n) is 5.14. The third-order valence-electron chi connectivity index (χ3n) is 3.61. The molecular weight excluding hydrogens is 282 g/mol. The van der Waals surface area contributed by atoms with E-state index in [9.17, 15) is 9.59 Å². The lowest BCUT2D eigenvalue weighted by molar-refractivity contribution is -0.135. The molecule has 118 valence electrons. The molecule has 0 spiro atoms. The number of methoxy groups -OCH3 is 1. The van der Waals surface area contributed by atoms with Crippen molar-refractivity contribution in [2.45, 2.75) is 12.8 Å². The number of ether oxygens (including phenoxy) is 1. The van der Waals surface area contributed by atoms with Gasteiger partial charge < -0.3 is 15.0 Å². The van der Waals surface area contributed by atoms with Crippen LogP contribution in [0, 0.1) is 5.92 Å². The minimum Gasteiger partial charge on any atom is -0.466 e. The average Bonchev–Trinajstić information content (AvgIpc) is 2.59. The molecule has 1 aromatic rings. The van der Waals surface area contributed by atoms with E-state index in [1.54, 1.807) is 12.3 Å². The summed E-state index contributed by atoms with van der Waals surface area (Å²) >= 11 is 0. The molecule has 6 heteroatoms. The van der Waals surface area contributed by atoms with E-state index < -0.39 is 5.97 Å². The summed E-state index contributed by atoms with van der Waals surface area (Å²) in [5.74, 6) is 0.441. The predicted molar refractivity (Wildman–Crippen MR) is 83.3 cm³/mol. The van der Waals surface area contributed by atoms with Crippen molar-refractivity contribution in [3.05, 3.63) is 36.5 Å². The van der Waals surface area contributed by atoms with Crippen molar-refractivity contribution in [3.63, 3.8) is 0 Å². The van der Waals surface area contributed by atoms with E-state index in [1.807, 2.05) is 18.2 Å². The normalized spacial score (nSPS) is 18.2. The molecule has 2 heterocycles. The van der Waals surface area contributed by atoms with Crippen molar-refractivity contribution in [2.24, 2.45) is 5.92 Å². The summed E-state index contributed by atoms with van der Waals surface area (Å²) in [6.07, 6.45) is 6.49. The van der Waals surface area contributed by atoms with E-state index in [4.69, 9.17) is 0 Å². The fraction of sp³-hybridized carbons (Fsp3) is 0.438. The monoisotopic (exact) mass is 303 g/mol. The molecule has 1 fully saturated rings. The summed E-state index contributed by atoms with van der Waals surface area (Å²) in [5, 5.41) is 2.82. The van der Waals surface area contributed by atoms with Crippen LogP contribution in [0.15, 0.2) is 36.5 Å². The van der Waals surface area contributed by atoms with Gasteiger partial charge in [-0.25, -0.2) is 9.78 Å². The van der Waals surface area contributed by atoms with Gasteiger partial charge in [-0.15, -0.1) is 0 Å². The Bertz CT molecular complexity index is 531. The van der Waals surface area contributed by atoms with Crippen LogP contribution in [0.5, 0.6) is 0 Å². The van der Waals surface area contributed by atoms with E-state index in [2.05, 4.69) is 19.9 Å². The Morgan fingerprint density at radius 2 is 2.36 bits per heavy atom. The van der Waals surface area contributed by atoms with E-state index >= 15 is 0 Å². The van der Waals surface area contributed by atoms with Crippen LogP contribution in [-0.4, -0.2) is 43.6 Å². The van der Waals surface area contributed by atoms with Crippen molar-refractivity contribution in [1.82, 2.24) is 10.3 Å². The zero-order chi connectivity index (χ0) is 15.8. The molecule has 0 bridgehead atoms. The first-order valence-corrected chi connectivity index (χ1v) is 7.39. The fourth-order valence-electron chi connectivity index (χ4n) is 2.47. The number of nitrogens with zero attached hydrogens (tertiary/aromatic N) is 2. The van der Waals surface area contributed by atoms with Crippen molar-refractivity contribution in [2.75, 3.05) is 31.6 Å². The average molecular weight is 303 g/mol. The molecule has 1 amide bonds. The zero-order valence-electron chi connectivity index (χ0n) is 12.7. The standard InChI is InChI=1S/C16H21N3O3/c1-22-15(20)8-4-10-18-16(21)13-6-5-11-19(12-13)14-7-2-3-9-17-14/h2-4,7-9,13H,5-6,10-12H2,1H3,(H,18,21)/b8-4+. The lowest BCUT2D eigenvalue weighted by Gasteiger charge is -2.32. The lowest BCUT2D eigenvalue weighted by atomic mass is 9.97. The van der Waals surface area contributed by atoms with Crippen molar-refractivity contribution in [1.29, 1.82) is 0 Å². The van der Waals surface area contributed by atoms with Gasteiger partial charge in [-0.1, -0.05) is 12.1 Å². The van der Waals surface area contributed by atoms with Gasteiger partial charge in [-0.3, -0.25) is 4.79 Å². The molecule has 0 radical (unpaired) electrons. The van der Waals surface area contributed by atoms with Crippen LogP contribution in [0.25, 0.3) is 0 Å². The van der Waals surface area contributed by atoms with Gasteiger partial charge in [0.15, 0.2) is 0 Å². The molecule has 0 aliphatic carbocycles. The molecule has 1 aliphatic rings. The second-order valence-corrected chi connectivity index (χ2v) is 5.14. The Hall–Kier alpha value is -2.37. The van der Waals surface area contributed by atoms with Gasteiger partial charge in [0.05, 0.1) is 13.0 Å². The number of nitrogens with one attached hydrogen (secondary N) is 1. The van der Waals surface area contributed by atoms with E-state index in [1.165, 1.54) is 13.2 Å². The third-order valence-corrected chi connectivity index (χ3v) is 3.61. The molecule has 1 atom stereocenters. The number of amides is 1. The molecule has 0 aromatic carbocycles. The largest absolute Gasteiger partial charge is 0.466 e. The summed E-state index contributed by atoms with van der Waals surface area (Å²) in [6.45, 7) is 1.92. The molecule has 1 N–H and O–H groups in total. The highest BCUT2D eigenvalue weighted by atomic mass is 16.5. The van der Waals surface area contributed by atoms with E-state index in [-0.39, 0.29) is 11.8 Å². The number of piperidine rings is 1. The Morgan fingerprint density at radius 3 is 3.09 bits per heavy atom. The highest BCUT2D eigenvalue weighted by Gasteiger charge is 2.25. The van der Waals surface area contributed by atoms with Gasteiger partial charge in [0, 0.05) is 31.9 Å². The topological polar surface area (TPSA) is 71.5 Å². The van der Waals surface area contributed by atoms with Gasteiger partial charge in [0.25, 0.3) is 0 Å². The maximum Gasteiger partial charge on any atom is 0.330 e. The number of anilines is 1. The molecule has 1 aromatic heterocycles. The van der Waals surface area contributed by atoms with Crippen LogP contribution in [0.3, 0.4) is 0 Å². The van der Waals surface area contributed by atoms with E-state index in [0.29, 0.717) is 13.1 Å². The highest BCUT2D eigenvalue weighted by Crippen LogP contribution is 2.21. The van der Waals surface area contributed by atoms with Crippen LogP contribution in [0.2, 0.25) is 0 Å². The number of carbonyl (C=O) groups excluding carboxylic acids is 2. The van der Waals surface area contributed by atoms with Crippen LogP contribution in [0.4, 0.5) is 5.82 Å². The molecule has 1 unspecified atom stereocenters. The number of hydrogen-bond donors (Lipinski definition) is 1. The number of aromatic nitrogens is 1. The Balaban J connectivity index is 1.83. The Labute approximate surface area is 130 Å². The first kappa shape index (κ1) is 16.0. The Kier molecular flexibility index (Phi) is 5.94. The summed E-state index contributed by atoms with van der Waals surface area (Å²) in [5.41, 5.74) is 0. The maximum absolute atomic E-state index is 12.2. The quantitative estimate of drug-likeness (QED) is 0.652. The lowest BCUT2D eigenvalue weighted by Crippen LogP contribution is -2.43. The van der Waals surface area contributed by atoms with Gasteiger partial charge in [-0.05, 0) is 25.0 Å². The van der Waals surface area contributed by atoms with Crippen LogP contribution in [-0.2, 0) is 14.3 Å². The SMILES string of the molecule is COC(=O)/C=C/CNC(=O)C1CCCN(c2ccccn2)C1. The van der Waals surface area contributed by atoms with Gasteiger partial charge in [-0.2, -0.15) is 0 Å². The van der Waals surface area contributed by atoms with Gasteiger partial charge in [0.2, 0.25) is 5.91 Å². The summed E-state index contributed by atoms with van der Waals surface area (Å²) in [6, 6.07) is 5.79. The van der Waals surface area contributed by atoms with Gasteiger partial charge in [0.1, 0.15) is 5.82 Å². The van der Waals surface area contributed by atoms with Crippen LogP contribution >= 0.6 is 0 Å². The minimum atomic E-state index is -0.423. The van der Waals surface area contributed by atoms with E-state index in [0.717, 1.165) is 25.2 Å². The van der Waals surface area contributed by atoms with Crippen molar-refractivity contribution < 1.29 is 14.3 Å². The maximum atomic E-state index is 12.2. The third kappa shape index (κ3) is 4.58. The first-order chi connectivity index (χ1) is 10.7. The van der Waals surface area contributed by atoms with Crippen LogP contribution in [0.1, 0.15) is 12.8 Å². The Morgan fingerprint density at radius 1 is 1.50 bits per heavy atom. The van der Waals surface area contributed by atoms with Crippen molar-refractivity contribution in [3.8, 4) is 0 Å². The second kappa shape index (κ2) is 8.17. The molecular formula is C16H21N3O3. The number of pyridine rings is 1. The number of rotatable bonds is 5. The predicted octanol–water partition coefficient (Wildman–Crippen LogP) is 1.14. The molecule has 2 rings (SSSR count). The van der Waals surface area contributed by atoms with Crippen LogP contribution < -0.4 is 10.2 Å². The summed E-state index contributed by atoms with van der Waals surface area (Å²) in [4.78, 5) is 29.6. The molecule has 1 saturated heterocycles. The summed E-state index contributed by atoms with van der Waals surface area (Å²) < 4.78 is 4.48. The molecule has 0 saturated carbocycles. The minimum absolute atomic E-state index is 0.00940. The zero-order valence-corrected chi connectivity index (χ0v) is 12.7. The number of hydrogen-bond acceptors (Lipinski definition) is 5. The smallest absolute Gasteiger partial charge is 0.330 e. The summed E-state index contributed by atoms with van der Waals surface area (Å²) in [7, 11) is 1.32. The fourth-order valence-corrected chi connectivity index (χ4v) is 2.47. The van der Waals surface area contributed by atoms with Crippen molar-refractivity contribution >= 4 is 17.7 Å². The number of carbonyl (C=O) groups is 2. The molecule has 1 aliphatic heterocycles. The van der Waals surface area contributed by atoms with Gasteiger partial charge >= 0.3 is 5.97 Å². The number of esters is 1. The molecule has 22 heavy (non-hydrogen) atoms. The molecule has 6 nitrogen and oxygen atoms in total. The first-order valence-electron chi connectivity index (χ1n) is 7.39.